The Hall–Kier alpha value is -1.14. The molecule has 0 saturated heterocycles. The smallest absolute Gasteiger partial charge is 0.235 e. The van der Waals surface area contributed by atoms with E-state index in [4.69, 9.17) is 5.84 Å². The summed E-state index contributed by atoms with van der Waals surface area (Å²) in [5, 5.41) is 2.83. The van der Waals surface area contributed by atoms with Gasteiger partial charge in [-0.1, -0.05) is 13.8 Å². The van der Waals surface area contributed by atoms with E-state index < -0.39 is 0 Å². The summed E-state index contributed by atoms with van der Waals surface area (Å²) in [5.74, 6) is 5.18. The Bertz CT molecular complexity index is 256. The molecule has 6 heteroatoms. The number of hydrogen-bond acceptors (Lipinski definition) is 4. The predicted octanol–water partition coefficient (Wildman–Crippen LogP) is -0.541. The van der Waals surface area contributed by atoms with Crippen molar-refractivity contribution in [2.75, 3.05) is 20.1 Å². The highest BCUT2D eigenvalue weighted by atomic mass is 16.2. The van der Waals surface area contributed by atoms with E-state index in [1.165, 1.54) is 0 Å². The van der Waals surface area contributed by atoms with E-state index in [1.807, 2.05) is 32.7 Å². The third-order valence-corrected chi connectivity index (χ3v) is 2.49. The molecule has 2 amide bonds. The predicted molar refractivity (Wildman–Crippen MR) is 66.9 cm³/mol. The largest absolute Gasteiger partial charge is 0.355 e. The van der Waals surface area contributed by atoms with Crippen molar-refractivity contribution in [2.45, 2.75) is 33.2 Å². The molecule has 0 radical (unpaired) electrons. The van der Waals surface area contributed by atoms with E-state index >= 15 is 0 Å². The molecular formula is C11H24N4O2. The van der Waals surface area contributed by atoms with Crippen LogP contribution in [0.15, 0.2) is 0 Å². The molecule has 100 valence electrons. The quantitative estimate of drug-likeness (QED) is 0.319. The van der Waals surface area contributed by atoms with Crippen LogP contribution >= 0.6 is 0 Å². The fourth-order valence-corrected chi connectivity index (χ4v) is 1.24. The molecule has 1 atom stereocenters. The van der Waals surface area contributed by atoms with E-state index in [9.17, 15) is 9.59 Å². The molecule has 17 heavy (non-hydrogen) atoms. The first-order valence-electron chi connectivity index (χ1n) is 5.83. The summed E-state index contributed by atoms with van der Waals surface area (Å²) in [4.78, 5) is 24.4. The molecule has 0 aliphatic heterocycles. The summed E-state index contributed by atoms with van der Waals surface area (Å²) >= 11 is 0. The minimum Gasteiger partial charge on any atom is -0.355 e. The van der Waals surface area contributed by atoms with Gasteiger partial charge in [0.2, 0.25) is 11.8 Å². The zero-order valence-corrected chi connectivity index (χ0v) is 11.1. The van der Waals surface area contributed by atoms with Gasteiger partial charge in [0.1, 0.15) is 0 Å². The van der Waals surface area contributed by atoms with Gasteiger partial charge in [0.05, 0.1) is 6.54 Å². The van der Waals surface area contributed by atoms with Gasteiger partial charge in [0.15, 0.2) is 0 Å². The lowest BCUT2D eigenvalue weighted by molar-refractivity contribution is -0.125. The summed E-state index contributed by atoms with van der Waals surface area (Å²) in [7, 11) is 1.81. The first-order valence-corrected chi connectivity index (χ1v) is 5.83. The van der Waals surface area contributed by atoms with Gasteiger partial charge in [-0.2, -0.15) is 0 Å². The van der Waals surface area contributed by atoms with Crippen LogP contribution in [-0.4, -0.2) is 42.9 Å². The second kappa shape index (κ2) is 8.03. The van der Waals surface area contributed by atoms with Crippen molar-refractivity contribution in [1.82, 2.24) is 15.6 Å². The van der Waals surface area contributed by atoms with E-state index in [-0.39, 0.29) is 30.8 Å². The molecule has 0 saturated carbocycles. The number of nitrogens with two attached hydrogens (primary N) is 1. The molecule has 0 spiro atoms. The molecule has 0 aromatic heterocycles. The van der Waals surface area contributed by atoms with E-state index in [1.54, 1.807) is 0 Å². The Balaban J connectivity index is 3.94. The molecule has 0 aromatic carbocycles. The van der Waals surface area contributed by atoms with Crippen molar-refractivity contribution in [3.63, 3.8) is 0 Å². The van der Waals surface area contributed by atoms with E-state index in [0.29, 0.717) is 12.5 Å². The number of nitrogens with zero attached hydrogens (tertiary/aromatic N) is 1. The molecule has 0 rings (SSSR count). The third kappa shape index (κ3) is 7.70. The maximum absolute atomic E-state index is 11.5. The fourth-order valence-electron chi connectivity index (χ4n) is 1.24. The minimum atomic E-state index is -0.230. The highest BCUT2D eigenvalue weighted by Gasteiger charge is 2.15. The minimum absolute atomic E-state index is 0.0247. The van der Waals surface area contributed by atoms with Crippen LogP contribution in [0.5, 0.6) is 0 Å². The Morgan fingerprint density at radius 3 is 2.29 bits per heavy atom. The number of hydrogen-bond donors (Lipinski definition) is 3. The Morgan fingerprint density at radius 2 is 1.82 bits per heavy atom. The van der Waals surface area contributed by atoms with Crippen LogP contribution in [0.25, 0.3) is 0 Å². The number of nitrogens with one attached hydrogen (secondary N) is 2. The first kappa shape index (κ1) is 15.9. The number of likely N-dealkylation sites (N-methyl/N-ethyl adjacent to an activating group) is 1. The summed E-state index contributed by atoms with van der Waals surface area (Å²) in [6.45, 7) is 6.91. The maximum Gasteiger partial charge on any atom is 0.235 e. The Kier molecular flexibility index (Phi) is 7.49. The summed E-state index contributed by atoms with van der Waals surface area (Å²) in [6.07, 6.45) is 0.282. The maximum atomic E-state index is 11.5. The molecule has 0 aromatic rings. The fraction of sp³-hybridized carbons (Fsp3) is 0.818. The van der Waals surface area contributed by atoms with Crippen molar-refractivity contribution in [1.29, 1.82) is 0 Å². The summed E-state index contributed by atoms with van der Waals surface area (Å²) < 4.78 is 0. The lowest BCUT2D eigenvalue weighted by Gasteiger charge is -2.23. The van der Waals surface area contributed by atoms with E-state index in [2.05, 4.69) is 10.7 Å². The van der Waals surface area contributed by atoms with Crippen molar-refractivity contribution in [3.05, 3.63) is 0 Å². The SMILES string of the molecule is CC(C)CNC(=O)CN(C)C(C)CC(=O)NN. The van der Waals surface area contributed by atoms with Gasteiger partial charge in [-0.15, -0.1) is 0 Å². The van der Waals surface area contributed by atoms with E-state index in [0.717, 1.165) is 0 Å². The van der Waals surface area contributed by atoms with Crippen LogP contribution < -0.4 is 16.6 Å². The third-order valence-electron chi connectivity index (χ3n) is 2.49. The van der Waals surface area contributed by atoms with Crippen molar-refractivity contribution >= 4 is 11.8 Å². The molecule has 0 heterocycles. The monoisotopic (exact) mass is 244 g/mol. The van der Waals surface area contributed by atoms with Crippen LogP contribution in [0.4, 0.5) is 0 Å². The normalized spacial score (nSPS) is 12.6. The molecule has 1 unspecified atom stereocenters. The van der Waals surface area contributed by atoms with Gasteiger partial charge >= 0.3 is 0 Å². The van der Waals surface area contributed by atoms with Gasteiger partial charge in [0, 0.05) is 19.0 Å². The van der Waals surface area contributed by atoms with Gasteiger partial charge in [0.25, 0.3) is 0 Å². The zero-order valence-electron chi connectivity index (χ0n) is 11.1. The second-order valence-corrected chi connectivity index (χ2v) is 4.73. The zero-order chi connectivity index (χ0) is 13.4. The average molecular weight is 244 g/mol. The number of hydrazine groups is 1. The van der Waals surface area contributed by atoms with Crippen LogP contribution in [0.3, 0.4) is 0 Å². The Morgan fingerprint density at radius 1 is 1.24 bits per heavy atom. The number of carbonyl (C=O) groups excluding carboxylic acids is 2. The molecule has 6 nitrogen and oxygen atoms in total. The summed E-state index contributed by atoms with van der Waals surface area (Å²) in [5.41, 5.74) is 2.08. The van der Waals surface area contributed by atoms with Gasteiger partial charge in [-0.3, -0.25) is 19.9 Å². The average Bonchev–Trinajstić information content (AvgIpc) is 2.25. The second-order valence-electron chi connectivity index (χ2n) is 4.73. The molecule has 0 fully saturated rings. The molecular weight excluding hydrogens is 220 g/mol. The van der Waals surface area contributed by atoms with Gasteiger partial charge in [-0.05, 0) is 19.9 Å². The Labute approximate surface area is 103 Å². The molecule has 0 bridgehead atoms. The number of carbonyl (C=O) groups is 2. The highest BCUT2D eigenvalue weighted by molar-refractivity contribution is 5.78. The standard InChI is InChI=1S/C11H24N4O2/c1-8(2)6-13-11(17)7-15(4)9(3)5-10(16)14-12/h8-9H,5-7,12H2,1-4H3,(H,13,17)(H,14,16). The highest BCUT2D eigenvalue weighted by Crippen LogP contribution is 2.00. The number of amides is 2. The number of rotatable bonds is 7. The molecule has 0 aliphatic carbocycles. The molecule has 0 aliphatic rings. The van der Waals surface area contributed by atoms with Crippen molar-refractivity contribution in [3.8, 4) is 0 Å². The van der Waals surface area contributed by atoms with Crippen LogP contribution in [0.1, 0.15) is 27.2 Å². The topological polar surface area (TPSA) is 87.5 Å². The van der Waals surface area contributed by atoms with Crippen LogP contribution in [0, 0.1) is 5.92 Å². The lowest BCUT2D eigenvalue weighted by Crippen LogP contribution is -2.43. The van der Waals surface area contributed by atoms with Gasteiger partial charge in [-0.25, -0.2) is 5.84 Å². The summed E-state index contributed by atoms with van der Waals surface area (Å²) in [6, 6.07) is -0.0247. The van der Waals surface area contributed by atoms with Crippen LogP contribution in [0.2, 0.25) is 0 Å². The van der Waals surface area contributed by atoms with Crippen molar-refractivity contribution in [2.24, 2.45) is 11.8 Å². The van der Waals surface area contributed by atoms with Crippen LogP contribution in [-0.2, 0) is 9.59 Å². The lowest BCUT2D eigenvalue weighted by atomic mass is 10.2. The van der Waals surface area contributed by atoms with Crippen molar-refractivity contribution < 1.29 is 9.59 Å². The molecule has 4 N–H and O–H groups in total. The van der Waals surface area contributed by atoms with Gasteiger partial charge < -0.3 is 5.32 Å². The first-order chi connectivity index (χ1) is 7.86.